The summed E-state index contributed by atoms with van der Waals surface area (Å²) in [6, 6.07) is 16.7. The Bertz CT molecular complexity index is 1560. The molecule has 0 radical (unpaired) electrons. The second-order valence-corrected chi connectivity index (χ2v) is 9.22. The van der Waals surface area contributed by atoms with E-state index >= 15 is 0 Å². The molecule has 5 rings (SSSR count). The van der Waals surface area contributed by atoms with Crippen molar-refractivity contribution in [1.29, 1.82) is 0 Å². The highest BCUT2D eigenvalue weighted by atomic mass is 32.1. The van der Waals surface area contributed by atoms with Gasteiger partial charge in [-0.25, -0.2) is 4.98 Å². The van der Waals surface area contributed by atoms with Crippen LogP contribution in [0.25, 0.3) is 16.0 Å². The molecule has 4 aromatic rings. The van der Waals surface area contributed by atoms with E-state index in [0.717, 1.165) is 10.3 Å². The number of nitro benzene ring substituents is 1. The lowest BCUT2D eigenvalue weighted by atomic mass is 9.95. The third kappa shape index (κ3) is 3.87. The molecular formula is C26H19N3O6S. The first kappa shape index (κ1) is 23.2. The van der Waals surface area contributed by atoms with Crippen molar-refractivity contribution in [3.05, 3.63) is 99.1 Å². The van der Waals surface area contributed by atoms with Gasteiger partial charge in [-0.1, -0.05) is 41.2 Å². The van der Waals surface area contributed by atoms with Crippen LogP contribution in [-0.2, 0) is 9.59 Å². The summed E-state index contributed by atoms with van der Waals surface area (Å²) < 4.78 is 6.01. The quantitative estimate of drug-likeness (QED) is 0.132. The average Bonchev–Trinajstić information content (AvgIpc) is 3.41. The number of hydrogen-bond acceptors (Lipinski definition) is 8. The Morgan fingerprint density at radius 3 is 2.42 bits per heavy atom. The summed E-state index contributed by atoms with van der Waals surface area (Å²) in [4.78, 5) is 43.1. The van der Waals surface area contributed by atoms with Crippen molar-refractivity contribution < 1.29 is 24.4 Å². The molecule has 1 amide bonds. The molecule has 1 saturated heterocycles. The van der Waals surface area contributed by atoms with Crippen LogP contribution in [0, 0.1) is 17.0 Å². The summed E-state index contributed by atoms with van der Waals surface area (Å²) in [5.74, 6) is -1.43. The Morgan fingerprint density at radius 2 is 1.78 bits per heavy atom. The molecule has 1 aromatic heterocycles. The number of benzene rings is 3. The number of aliphatic hydroxyl groups excluding tert-OH is 1. The number of methoxy groups -OCH3 is 1. The maximum Gasteiger partial charge on any atom is 0.301 e. The number of nitrogens with zero attached hydrogens (tertiary/aromatic N) is 3. The molecule has 3 aromatic carbocycles. The molecule has 9 nitrogen and oxygen atoms in total. The number of Topliss-reactive ketones (excluding diaryl/α,β-unsaturated/α-hetero) is 1. The van der Waals surface area contributed by atoms with Crippen LogP contribution >= 0.6 is 11.3 Å². The second kappa shape index (κ2) is 8.90. The van der Waals surface area contributed by atoms with E-state index in [-0.39, 0.29) is 22.2 Å². The van der Waals surface area contributed by atoms with Gasteiger partial charge in [-0.05, 0) is 42.8 Å². The summed E-state index contributed by atoms with van der Waals surface area (Å²) in [5.41, 5.74) is 2.11. The van der Waals surface area contributed by atoms with Crippen molar-refractivity contribution in [2.24, 2.45) is 0 Å². The number of fused-ring (bicyclic) bond motifs is 1. The highest BCUT2D eigenvalue weighted by molar-refractivity contribution is 7.22. The van der Waals surface area contributed by atoms with E-state index in [1.54, 1.807) is 49.6 Å². The molecule has 1 aliphatic rings. The van der Waals surface area contributed by atoms with Crippen LogP contribution in [0.1, 0.15) is 22.7 Å². The summed E-state index contributed by atoms with van der Waals surface area (Å²) in [7, 11) is 1.54. The normalized spacial score (nSPS) is 17.1. The Morgan fingerprint density at radius 1 is 1.08 bits per heavy atom. The van der Waals surface area contributed by atoms with Gasteiger partial charge in [-0.15, -0.1) is 0 Å². The number of non-ortho nitro benzene ring substituents is 1. The number of rotatable bonds is 5. The summed E-state index contributed by atoms with van der Waals surface area (Å²) >= 11 is 1.20. The highest BCUT2D eigenvalue weighted by Crippen LogP contribution is 2.44. The number of amides is 1. The summed E-state index contributed by atoms with van der Waals surface area (Å²) in [6.45, 7) is 1.89. The third-order valence-electron chi connectivity index (χ3n) is 5.98. The molecule has 2 heterocycles. The Hall–Kier alpha value is -4.57. The number of ether oxygens (including phenoxy) is 1. The van der Waals surface area contributed by atoms with Gasteiger partial charge in [0.15, 0.2) is 5.13 Å². The summed E-state index contributed by atoms with van der Waals surface area (Å²) in [6.07, 6.45) is 0. The molecule has 1 fully saturated rings. The average molecular weight is 502 g/mol. The van der Waals surface area contributed by atoms with Crippen molar-refractivity contribution in [2.75, 3.05) is 12.0 Å². The van der Waals surface area contributed by atoms with Crippen LogP contribution in [-0.4, -0.2) is 33.8 Å². The van der Waals surface area contributed by atoms with Crippen LogP contribution < -0.4 is 9.64 Å². The van der Waals surface area contributed by atoms with E-state index in [4.69, 9.17) is 4.74 Å². The largest absolute Gasteiger partial charge is 0.507 e. The van der Waals surface area contributed by atoms with Gasteiger partial charge in [0.2, 0.25) is 0 Å². The van der Waals surface area contributed by atoms with Crippen molar-refractivity contribution in [3.8, 4) is 5.75 Å². The zero-order valence-corrected chi connectivity index (χ0v) is 20.0. The molecule has 1 N–H and O–H groups in total. The molecule has 36 heavy (non-hydrogen) atoms. The van der Waals surface area contributed by atoms with Gasteiger partial charge >= 0.3 is 5.91 Å². The van der Waals surface area contributed by atoms with Crippen LogP contribution in [0.5, 0.6) is 5.75 Å². The first-order valence-electron chi connectivity index (χ1n) is 10.9. The van der Waals surface area contributed by atoms with Gasteiger partial charge in [0.25, 0.3) is 11.5 Å². The number of carbonyl (C=O) groups is 2. The van der Waals surface area contributed by atoms with E-state index in [0.29, 0.717) is 22.4 Å². The number of thiazole rings is 1. The monoisotopic (exact) mass is 501 g/mol. The van der Waals surface area contributed by atoms with Gasteiger partial charge < -0.3 is 9.84 Å². The molecule has 1 unspecified atom stereocenters. The first-order chi connectivity index (χ1) is 17.3. The van der Waals surface area contributed by atoms with Crippen LogP contribution in [0.2, 0.25) is 0 Å². The minimum absolute atomic E-state index is 0.116. The Labute approximate surface area is 209 Å². The fourth-order valence-corrected chi connectivity index (χ4v) is 5.13. The van der Waals surface area contributed by atoms with E-state index in [9.17, 15) is 24.8 Å². The van der Waals surface area contributed by atoms with E-state index in [2.05, 4.69) is 4.98 Å². The SMILES string of the molecule is COc1ccc2nc(N3C(=O)C(=O)C(=C(O)c4ccc(C)cc4)C3c3ccc([N+](=O)[O-])cc3)sc2c1. The smallest absolute Gasteiger partial charge is 0.301 e. The lowest BCUT2D eigenvalue weighted by Crippen LogP contribution is -2.29. The van der Waals surface area contributed by atoms with Gasteiger partial charge in [-0.2, -0.15) is 0 Å². The van der Waals surface area contributed by atoms with Crippen molar-refractivity contribution in [2.45, 2.75) is 13.0 Å². The second-order valence-electron chi connectivity index (χ2n) is 8.21. The predicted octanol–water partition coefficient (Wildman–Crippen LogP) is 5.15. The predicted molar refractivity (Wildman–Crippen MR) is 135 cm³/mol. The van der Waals surface area contributed by atoms with Gasteiger partial charge in [-0.3, -0.25) is 24.6 Å². The lowest BCUT2D eigenvalue weighted by molar-refractivity contribution is -0.384. The first-order valence-corrected chi connectivity index (χ1v) is 11.7. The fourth-order valence-electron chi connectivity index (χ4n) is 4.11. The van der Waals surface area contributed by atoms with Crippen LogP contribution in [0.4, 0.5) is 10.8 Å². The number of ketones is 1. The lowest BCUT2D eigenvalue weighted by Gasteiger charge is -2.22. The van der Waals surface area contributed by atoms with E-state index in [1.807, 2.05) is 6.92 Å². The van der Waals surface area contributed by atoms with Gasteiger partial charge in [0, 0.05) is 17.7 Å². The topological polar surface area (TPSA) is 123 Å². The van der Waals surface area contributed by atoms with Crippen LogP contribution in [0.3, 0.4) is 0 Å². The molecule has 180 valence electrons. The van der Waals surface area contributed by atoms with Gasteiger partial charge in [0.05, 0.1) is 33.9 Å². The van der Waals surface area contributed by atoms with E-state index < -0.39 is 22.7 Å². The molecule has 0 saturated carbocycles. The highest BCUT2D eigenvalue weighted by Gasteiger charge is 2.48. The maximum atomic E-state index is 13.3. The minimum atomic E-state index is -1.03. The number of aryl methyl sites for hydroxylation is 1. The molecule has 1 atom stereocenters. The standard InChI is InChI=1S/C26H19N3O6S/c1-14-3-5-16(6-4-14)23(30)21-22(15-7-9-17(10-8-15)29(33)34)28(25(32)24(21)31)26-27-19-12-11-18(35-2)13-20(19)36-26/h3-13,22,30H,1-2H3. The molecule has 0 aliphatic carbocycles. The number of nitro groups is 1. The third-order valence-corrected chi connectivity index (χ3v) is 7.00. The van der Waals surface area contributed by atoms with E-state index in [1.165, 1.54) is 40.5 Å². The number of hydrogen-bond donors (Lipinski definition) is 1. The fraction of sp³-hybridized carbons (Fsp3) is 0.115. The maximum absolute atomic E-state index is 13.3. The molecule has 0 bridgehead atoms. The number of aromatic nitrogens is 1. The van der Waals surface area contributed by atoms with Gasteiger partial charge in [0.1, 0.15) is 11.5 Å². The number of aliphatic hydroxyl groups is 1. The molecule has 1 aliphatic heterocycles. The minimum Gasteiger partial charge on any atom is -0.507 e. The number of anilines is 1. The van der Waals surface area contributed by atoms with Crippen molar-refractivity contribution in [1.82, 2.24) is 4.98 Å². The summed E-state index contributed by atoms with van der Waals surface area (Å²) in [5, 5.41) is 22.6. The molecule has 10 heteroatoms. The van der Waals surface area contributed by atoms with Crippen LogP contribution in [0.15, 0.2) is 72.3 Å². The number of carbonyl (C=O) groups excluding carboxylic acids is 2. The zero-order valence-electron chi connectivity index (χ0n) is 19.2. The zero-order chi connectivity index (χ0) is 25.6. The molecule has 0 spiro atoms. The Balaban J connectivity index is 1.71. The van der Waals surface area contributed by atoms with Crippen molar-refractivity contribution >= 4 is 49.8 Å². The Kier molecular flexibility index (Phi) is 5.73. The van der Waals surface area contributed by atoms with Crippen molar-refractivity contribution in [3.63, 3.8) is 0 Å². The molecular weight excluding hydrogens is 482 g/mol.